The molecular formula is C44H28N2S. The van der Waals surface area contributed by atoms with Gasteiger partial charge in [0.2, 0.25) is 0 Å². The molecular weight excluding hydrogens is 589 g/mol. The largest absolute Gasteiger partial charge is 0.316 e. The first kappa shape index (κ1) is 26.3. The van der Waals surface area contributed by atoms with Crippen LogP contribution in [-0.2, 0) is 0 Å². The average Bonchev–Trinajstić information content (AvgIpc) is 3.83. The summed E-state index contributed by atoms with van der Waals surface area (Å²) in [5.41, 5.74) is 11.0. The van der Waals surface area contributed by atoms with Crippen LogP contribution in [0.4, 0.5) is 0 Å². The summed E-state index contributed by atoms with van der Waals surface area (Å²) in [6.07, 6.45) is 2.18. The van der Waals surface area contributed by atoms with E-state index in [4.69, 9.17) is 0 Å². The molecule has 0 aliphatic heterocycles. The van der Waals surface area contributed by atoms with Crippen molar-refractivity contribution in [1.82, 2.24) is 9.13 Å². The lowest BCUT2D eigenvalue weighted by atomic mass is 10.00. The van der Waals surface area contributed by atoms with Crippen molar-refractivity contribution in [3.63, 3.8) is 0 Å². The maximum atomic E-state index is 2.42. The fourth-order valence-electron chi connectivity index (χ4n) is 7.37. The number of hydrogen-bond acceptors (Lipinski definition) is 1. The summed E-state index contributed by atoms with van der Waals surface area (Å²) >= 11 is 1.90. The molecule has 0 radical (unpaired) electrons. The zero-order valence-corrected chi connectivity index (χ0v) is 26.3. The van der Waals surface area contributed by atoms with Crippen molar-refractivity contribution in [3.8, 4) is 33.6 Å². The Morgan fingerprint density at radius 2 is 1.00 bits per heavy atom. The fourth-order valence-corrected chi connectivity index (χ4v) is 8.74. The summed E-state index contributed by atoms with van der Waals surface area (Å²) in [6, 6.07) is 59.6. The molecule has 3 aromatic heterocycles. The minimum Gasteiger partial charge on any atom is -0.316 e. The second kappa shape index (κ2) is 10.3. The van der Waals surface area contributed by atoms with Crippen molar-refractivity contribution >= 4 is 64.2 Å². The van der Waals surface area contributed by atoms with Crippen LogP contribution in [0.15, 0.2) is 170 Å². The monoisotopic (exact) mass is 616 g/mol. The number of para-hydroxylation sites is 2. The van der Waals surface area contributed by atoms with Gasteiger partial charge in [-0.25, -0.2) is 0 Å². The fraction of sp³-hybridized carbons (Fsp3) is 0. The second-order valence-corrected chi connectivity index (χ2v) is 13.2. The van der Waals surface area contributed by atoms with Gasteiger partial charge in [0.15, 0.2) is 0 Å². The second-order valence-electron chi connectivity index (χ2n) is 12.2. The summed E-state index contributed by atoms with van der Waals surface area (Å²) in [5.74, 6) is 0. The first-order chi connectivity index (χ1) is 23.3. The number of hydrogen-bond donors (Lipinski definition) is 0. The van der Waals surface area contributed by atoms with Gasteiger partial charge >= 0.3 is 0 Å². The Bertz CT molecular complexity index is 2760. The first-order valence-electron chi connectivity index (χ1n) is 16.0. The molecule has 0 amide bonds. The molecule has 3 heteroatoms. The SMILES string of the molecule is c1ccc(-c2cccc3c2sc2c(-c4ccc(-n5c6ccccc6c6cc7ccn(-c8ccccc8)c7cc65)cc4)cccc23)cc1. The van der Waals surface area contributed by atoms with Crippen molar-refractivity contribution in [1.29, 1.82) is 0 Å². The lowest BCUT2D eigenvalue weighted by molar-refractivity contribution is 1.12. The molecule has 0 saturated carbocycles. The van der Waals surface area contributed by atoms with Crippen molar-refractivity contribution in [3.05, 3.63) is 170 Å². The van der Waals surface area contributed by atoms with Gasteiger partial charge in [-0.15, -0.1) is 11.3 Å². The van der Waals surface area contributed by atoms with Crippen LogP contribution in [0.5, 0.6) is 0 Å². The van der Waals surface area contributed by atoms with E-state index >= 15 is 0 Å². The highest BCUT2D eigenvalue weighted by Gasteiger charge is 2.17. The van der Waals surface area contributed by atoms with Gasteiger partial charge in [-0.2, -0.15) is 0 Å². The highest BCUT2D eigenvalue weighted by molar-refractivity contribution is 7.26. The van der Waals surface area contributed by atoms with Crippen LogP contribution in [0.25, 0.3) is 86.5 Å². The molecule has 0 atom stereocenters. The summed E-state index contributed by atoms with van der Waals surface area (Å²) in [4.78, 5) is 0. The summed E-state index contributed by atoms with van der Waals surface area (Å²) < 4.78 is 7.38. The van der Waals surface area contributed by atoms with E-state index in [0.29, 0.717) is 0 Å². The molecule has 2 nitrogen and oxygen atoms in total. The maximum Gasteiger partial charge on any atom is 0.0562 e. The normalized spacial score (nSPS) is 11.8. The Labute approximate surface area is 276 Å². The van der Waals surface area contributed by atoms with Crippen molar-refractivity contribution in [2.75, 3.05) is 0 Å². The van der Waals surface area contributed by atoms with E-state index in [0.717, 1.165) is 5.69 Å². The van der Waals surface area contributed by atoms with E-state index in [2.05, 4.69) is 179 Å². The van der Waals surface area contributed by atoms with Crippen LogP contribution in [0, 0.1) is 0 Å². The highest BCUT2D eigenvalue weighted by atomic mass is 32.1. The third kappa shape index (κ3) is 4.04. The zero-order chi connectivity index (χ0) is 30.9. The van der Waals surface area contributed by atoms with Gasteiger partial charge in [-0.3, -0.25) is 0 Å². The number of nitrogens with zero attached hydrogens (tertiary/aromatic N) is 2. The van der Waals surface area contributed by atoms with Gasteiger partial charge in [0.05, 0.1) is 16.6 Å². The first-order valence-corrected chi connectivity index (χ1v) is 16.8. The zero-order valence-electron chi connectivity index (χ0n) is 25.5. The van der Waals surface area contributed by atoms with Gasteiger partial charge in [0.25, 0.3) is 0 Å². The minimum atomic E-state index is 1.16. The molecule has 0 aliphatic carbocycles. The molecule has 0 aliphatic rings. The van der Waals surface area contributed by atoms with E-state index in [-0.39, 0.29) is 0 Å². The lowest BCUT2D eigenvalue weighted by Gasteiger charge is -2.11. The van der Waals surface area contributed by atoms with E-state index < -0.39 is 0 Å². The number of fused-ring (bicyclic) bond motifs is 7. The topological polar surface area (TPSA) is 9.86 Å². The predicted octanol–water partition coefficient (Wildman–Crippen LogP) is 12.4. The Kier molecular flexibility index (Phi) is 5.78. The summed E-state index contributed by atoms with van der Waals surface area (Å²) in [6.45, 7) is 0. The Morgan fingerprint density at radius 3 is 1.72 bits per heavy atom. The average molecular weight is 617 g/mol. The minimum absolute atomic E-state index is 1.16. The lowest BCUT2D eigenvalue weighted by Crippen LogP contribution is -1.95. The third-order valence-electron chi connectivity index (χ3n) is 9.56. The van der Waals surface area contributed by atoms with E-state index in [9.17, 15) is 0 Å². The van der Waals surface area contributed by atoms with Gasteiger partial charge in [0, 0.05) is 53.9 Å². The molecule has 0 spiro atoms. The number of thiophene rings is 1. The van der Waals surface area contributed by atoms with Gasteiger partial charge in [0.1, 0.15) is 0 Å². The quantitative estimate of drug-likeness (QED) is 0.186. The number of benzene rings is 7. The van der Waals surface area contributed by atoms with Crippen LogP contribution in [0.1, 0.15) is 0 Å². The van der Waals surface area contributed by atoms with Gasteiger partial charge in [-0.1, -0.05) is 115 Å². The van der Waals surface area contributed by atoms with Gasteiger partial charge < -0.3 is 9.13 Å². The number of aromatic nitrogens is 2. The molecule has 10 aromatic rings. The van der Waals surface area contributed by atoms with Crippen LogP contribution in [-0.4, -0.2) is 9.13 Å². The highest BCUT2D eigenvalue weighted by Crippen LogP contribution is 2.44. The molecule has 0 fully saturated rings. The van der Waals surface area contributed by atoms with Gasteiger partial charge in [-0.05, 0) is 70.8 Å². The molecule has 0 N–H and O–H groups in total. The van der Waals surface area contributed by atoms with Crippen molar-refractivity contribution in [2.24, 2.45) is 0 Å². The van der Waals surface area contributed by atoms with E-state index in [1.54, 1.807) is 0 Å². The Balaban J connectivity index is 1.14. The molecule has 0 saturated heterocycles. The summed E-state index contributed by atoms with van der Waals surface area (Å²) in [5, 5.41) is 6.42. The standard InChI is InChI=1S/C44H28N2S/c1-3-11-29(12-4-1)34-16-9-18-37-38-19-10-17-35(44(38)47-43(34)37)30-21-23-33(24-22-30)46-40-20-8-7-15-36(40)39-27-31-25-26-45(41(31)28-42(39)46)32-13-5-2-6-14-32/h1-28H. The molecule has 3 heterocycles. The Hall–Kier alpha value is -5.90. The third-order valence-corrected chi connectivity index (χ3v) is 10.9. The van der Waals surface area contributed by atoms with Crippen LogP contribution < -0.4 is 0 Å². The smallest absolute Gasteiger partial charge is 0.0562 e. The van der Waals surface area contributed by atoms with Crippen LogP contribution in [0.2, 0.25) is 0 Å². The maximum absolute atomic E-state index is 2.42. The molecule has 0 bridgehead atoms. The van der Waals surface area contributed by atoms with E-state index in [1.807, 2.05) is 11.3 Å². The number of rotatable bonds is 4. The molecule has 0 unspecified atom stereocenters. The predicted molar refractivity (Wildman–Crippen MR) is 201 cm³/mol. The summed E-state index contributed by atoms with van der Waals surface area (Å²) in [7, 11) is 0. The van der Waals surface area contributed by atoms with Crippen molar-refractivity contribution < 1.29 is 0 Å². The Morgan fingerprint density at radius 1 is 0.383 bits per heavy atom. The molecule has 47 heavy (non-hydrogen) atoms. The molecule has 7 aromatic carbocycles. The van der Waals surface area contributed by atoms with E-state index in [1.165, 1.54) is 80.8 Å². The van der Waals surface area contributed by atoms with Crippen LogP contribution in [0.3, 0.4) is 0 Å². The van der Waals surface area contributed by atoms with Crippen LogP contribution >= 0.6 is 11.3 Å². The molecule has 10 rings (SSSR count). The van der Waals surface area contributed by atoms with Crippen molar-refractivity contribution in [2.45, 2.75) is 0 Å². The molecule has 220 valence electrons.